The lowest BCUT2D eigenvalue weighted by Gasteiger charge is -2.09. The molecule has 3 rings (SSSR count). The molecule has 1 heterocycles. The molecule has 4 heteroatoms. The summed E-state index contributed by atoms with van der Waals surface area (Å²) in [4.78, 5) is 4.71. The lowest BCUT2D eigenvalue weighted by Crippen LogP contribution is -2.06. The molecule has 3 aromatic rings. The molecule has 0 saturated carbocycles. The molecule has 2 nitrogen and oxygen atoms in total. The summed E-state index contributed by atoms with van der Waals surface area (Å²) in [5.41, 5.74) is 4.56. The Kier molecular flexibility index (Phi) is 4.18. The highest BCUT2D eigenvalue weighted by Crippen LogP contribution is 2.21. The number of imidazole rings is 1. The number of hydrogen-bond acceptors (Lipinski definition) is 1. The first-order chi connectivity index (χ1) is 10.2. The summed E-state index contributed by atoms with van der Waals surface area (Å²) in [5, 5.41) is 0.756. The minimum atomic E-state index is 0.567. The maximum atomic E-state index is 6.08. The number of hydrogen-bond donors (Lipinski definition) is 0. The van der Waals surface area contributed by atoms with Crippen molar-refractivity contribution in [2.45, 2.75) is 19.9 Å². The van der Waals surface area contributed by atoms with E-state index in [2.05, 4.69) is 35.8 Å². The Labute approximate surface area is 134 Å². The second kappa shape index (κ2) is 6.08. The highest BCUT2D eigenvalue weighted by molar-refractivity contribution is 6.30. The number of nitrogens with zero attached hydrogens (tertiary/aromatic N) is 2. The fraction of sp³-hybridized carbons (Fsp3) is 0.235. The molecule has 1 aromatic heterocycles. The van der Waals surface area contributed by atoms with Crippen molar-refractivity contribution in [3.63, 3.8) is 0 Å². The van der Waals surface area contributed by atoms with Gasteiger partial charge >= 0.3 is 0 Å². The molecule has 0 unspecified atom stereocenters. The Hall–Kier alpha value is -1.51. The summed E-state index contributed by atoms with van der Waals surface area (Å²) in [6.45, 7) is 2.85. The summed E-state index contributed by atoms with van der Waals surface area (Å²) in [5.74, 6) is 1.59. The van der Waals surface area contributed by atoms with E-state index in [0.717, 1.165) is 34.8 Å². The van der Waals surface area contributed by atoms with Crippen molar-refractivity contribution in [3.8, 4) is 0 Å². The van der Waals surface area contributed by atoms with E-state index in [1.54, 1.807) is 0 Å². The summed E-state index contributed by atoms with van der Waals surface area (Å²) < 4.78 is 2.23. The molecule has 108 valence electrons. The number of aryl methyl sites for hydroxylation is 2. The topological polar surface area (TPSA) is 17.8 Å². The molecule has 0 N–H and O–H groups in total. The highest BCUT2D eigenvalue weighted by atomic mass is 35.5. The van der Waals surface area contributed by atoms with E-state index >= 15 is 0 Å². The third-order valence-electron chi connectivity index (χ3n) is 3.53. The van der Waals surface area contributed by atoms with Crippen molar-refractivity contribution in [2.75, 3.05) is 5.88 Å². The molecule has 0 atom stereocenters. The molecule has 0 radical (unpaired) electrons. The number of fused-ring (bicyclic) bond motifs is 1. The average Bonchev–Trinajstić information content (AvgIpc) is 2.77. The van der Waals surface area contributed by atoms with Gasteiger partial charge in [0.25, 0.3) is 0 Å². The minimum Gasteiger partial charge on any atom is -0.323 e. The van der Waals surface area contributed by atoms with E-state index in [0.29, 0.717) is 5.88 Å². The zero-order chi connectivity index (χ0) is 14.8. The Morgan fingerprint density at radius 3 is 2.76 bits per heavy atom. The number of aromatic nitrogens is 2. The molecule has 0 fully saturated rings. The largest absolute Gasteiger partial charge is 0.323 e. The SMILES string of the molecule is Cc1ccc2nc(CCCl)n(Cc3cccc(Cl)c3)c2c1. The van der Waals surface area contributed by atoms with E-state index in [9.17, 15) is 0 Å². The standard InChI is InChI=1S/C17H16Cl2N2/c1-12-5-6-15-16(9-12)21(17(20-15)7-8-18)11-13-3-2-4-14(19)10-13/h2-6,9-10H,7-8,11H2,1H3. The molecule has 0 amide bonds. The van der Waals surface area contributed by atoms with Crippen LogP contribution in [0, 0.1) is 6.92 Å². The normalized spacial score (nSPS) is 11.2. The van der Waals surface area contributed by atoms with Crippen LogP contribution in [0.5, 0.6) is 0 Å². The van der Waals surface area contributed by atoms with Crippen LogP contribution in [0.2, 0.25) is 5.02 Å². The number of rotatable bonds is 4. The van der Waals surface area contributed by atoms with E-state index in [-0.39, 0.29) is 0 Å². The molecule has 21 heavy (non-hydrogen) atoms. The van der Waals surface area contributed by atoms with Crippen LogP contribution in [-0.4, -0.2) is 15.4 Å². The molecular formula is C17H16Cl2N2. The van der Waals surface area contributed by atoms with Crippen molar-refractivity contribution in [3.05, 3.63) is 64.4 Å². The number of benzene rings is 2. The first-order valence-electron chi connectivity index (χ1n) is 6.93. The Morgan fingerprint density at radius 2 is 2.00 bits per heavy atom. The average molecular weight is 319 g/mol. The van der Waals surface area contributed by atoms with Crippen molar-refractivity contribution >= 4 is 34.2 Å². The van der Waals surface area contributed by atoms with Gasteiger partial charge in [0.15, 0.2) is 0 Å². The third-order valence-corrected chi connectivity index (χ3v) is 3.95. The predicted molar refractivity (Wildman–Crippen MR) is 89.4 cm³/mol. The summed E-state index contributed by atoms with van der Waals surface area (Å²) in [7, 11) is 0. The van der Waals surface area contributed by atoms with Crippen LogP contribution >= 0.6 is 23.2 Å². The van der Waals surface area contributed by atoms with Gasteiger partial charge in [-0.15, -0.1) is 11.6 Å². The van der Waals surface area contributed by atoms with Gasteiger partial charge < -0.3 is 4.57 Å². The van der Waals surface area contributed by atoms with Gasteiger partial charge in [0.1, 0.15) is 5.82 Å². The first-order valence-corrected chi connectivity index (χ1v) is 7.85. The smallest absolute Gasteiger partial charge is 0.111 e. The second-order valence-electron chi connectivity index (χ2n) is 5.18. The lowest BCUT2D eigenvalue weighted by atomic mass is 10.2. The second-order valence-corrected chi connectivity index (χ2v) is 5.99. The molecule has 0 spiro atoms. The van der Waals surface area contributed by atoms with Crippen LogP contribution < -0.4 is 0 Å². The fourth-order valence-electron chi connectivity index (χ4n) is 2.55. The summed E-state index contributed by atoms with van der Waals surface area (Å²) in [6.07, 6.45) is 0.760. The van der Waals surface area contributed by atoms with Crippen LogP contribution in [0.3, 0.4) is 0 Å². The highest BCUT2D eigenvalue weighted by Gasteiger charge is 2.11. The van der Waals surface area contributed by atoms with Crippen molar-refractivity contribution in [2.24, 2.45) is 0 Å². The lowest BCUT2D eigenvalue weighted by molar-refractivity contribution is 0.754. The predicted octanol–water partition coefficient (Wildman–Crippen LogP) is 4.83. The van der Waals surface area contributed by atoms with Crippen LogP contribution in [0.25, 0.3) is 11.0 Å². The molecule has 0 bridgehead atoms. The Morgan fingerprint density at radius 1 is 1.14 bits per heavy atom. The van der Waals surface area contributed by atoms with Crippen LogP contribution in [0.1, 0.15) is 17.0 Å². The van der Waals surface area contributed by atoms with E-state index < -0.39 is 0 Å². The third kappa shape index (κ3) is 3.07. The molecular weight excluding hydrogens is 303 g/mol. The van der Waals surface area contributed by atoms with E-state index in [1.807, 2.05) is 18.2 Å². The Balaban J connectivity index is 2.10. The van der Waals surface area contributed by atoms with Crippen LogP contribution in [0.15, 0.2) is 42.5 Å². The van der Waals surface area contributed by atoms with Gasteiger partial charge in [0.2, 0.25) is 0 Å². The maximum Gasteiger partial charge on any atom is 0.111 e. The monoisotopic (exact) mass is 318 g/mol. The number of alkyl halides is 1. The van der Waals surface area contributed by atoms with Crippen LogP contribution in [0.4, 0.5) is 0 Å². The van der Waals surface area contributed by atoms with Gasteiger partial charge in [-0.1, -0.05) is 29.8 Å². The summed E-state index contributed by atoms with van der Waals surface area (Å²) in [6, 6.07) is 14.3. The maximum absolute atomic E-state index is 6.08. The minimum absolute atomic E-state index is 0.567. The van der Waals surface area contributed by atoms with Crippen molar-refractivity contribution < 1.29 is 0 Å². The van der Waals surface area contributed by atoms with Gasteiger partial charge in [0, 0.05) is 23.9 Å². The summed E-state index contributed by atoms with van der Waals surface area (Å²) >= 11 is 12.0. The fourth-order valence-corrected chi connectivity index (χ4v) is 2.93. The van der Waals surface area contributed by atoms with Gasteiger partial charge in [-0.05, 0) is 42.3 Å². The van der Waals surface area contributed by atoms with E-state index in [1.165, 1.54) is 11.1 Å². The Bertz CT molecular complexity index is 778. The first kappa shape index (κ1) is 14.4. The van der Waals surface area contributed by atoms with Gasteiger partial charge in [0.05, 0.1) is 11.0 Å². The molecule has 0 aliphatic carbocycles. The van der Waals surface area contributed by atoms with Gasteiger partial charge in [-0.25, -0.2) is 4.98 Å². The van der Waals surface area contributed by atoms with Gasteiger partial charge in [-0.2, -0.15) is 0 Å². The number of halogens is 2. The molecule has 0 aliphatic rings. The molecule has 0 aliphatic heterocycles. The zero-order valence-corrected chi connectivity index (χ0v) is 13.3. The quantitative estimate of drug-likeness (QED) is 0.630. The van der Waals surface area contributed by atoms with Crippen molar-refractivity contribution in [1.29, 1.82) is 0 Å². The van der Waals surface area contributed by atoms with Crippen molar-refractivity contribution in [1.82, 2.24) is 9.55 Å². The van der Waals surface area contributed by atoms with Gasteiger partial charge in [-0.3, -0.25) is 0 Å². The van der Waals surface area contributed by atoms with E-state index in [4.69, 9.17) is 28.2 Å². The zero-order valence-electron chi connectivity index (χ0n) is 11.8. The molecule has 2 aromatic carbocycles. The van der Waals surface area contributed by atoms with Crippen LogP contribution in [-0.2, 0) is 13.0 Å². The molecule has 0 saturated heterocycles.